The van der Waals surface area contributed by atoms with Crippen molar-refractivity contribution in [1.29, 1.82) is 0 Å². The van der Waals surface area contributed by atoms with Gasteiger partial charge in [-0.25, -0.2) is 0 Å². The van der Waals surface area contributed by atoms with Gasteiger partial charge < -0.3 is 9.47 Å². The van der Waals surface area contributed by atoms with E-state index < -0.39 is 14.5 Å². The van der Waals surface area contributed by atoms with Gasteiger partial charge in [0.15, 0.2) is 12.9 Å². The zero-order valence-electron chi connectivity index (χ0n) is 10.6. The van der Waals surface area contributed by atoms with Crippen molar-refractivity contribution in [3.8, 4) is 0 Å². The molecule has 1 atom stereocenters. The largest absolute Gasteiger partial charge is 0.694 e. The van der Waals surface area contributed by atoms with Crippen LogP contribution in [0.3, 0.4) is 0 Å². The molecule has 1 unspecified atom stereocenters. The molecule has 0 aliphatic carbocycles. The van der Waals surface area contributed by atoms with Gasteiger partial charge in [-0.15, -0.1) is 9.42 Å². The molecule has 0 heterocycles. The zero-order valence-corrected chi connectivity index (χ0v) is 11.5. The van der Waals surface area contributed by atoms with Crippen molar-refractivity contribution in [1.82, 2.24) is 0 Å². The fourth-order valence-corrected chi connectivity index (χ4v) is 0.890. The summed E-state index contributed by atoms with van der Waals surface area (Å²) in [5, 5.41) is 0. The van der Waals surface area contributed by atoms with Crippen LogP contribution < -0.4 is 0 Å². The number of hydrogen-bond acceptors (Lipinski definition) is 4. The first-order valence-corrected chi connectivity index (χ1v) is 6.77. The lowest BCUT2D eigenvalue weighted by Gasteiger charge is -2.12. The van der Waals surface area contributed by atoms with Gasteiger partial charge in [-0.3, -0.25) is 0 Å². The topological polar surface area (TPSA) is 65.0 Å². The second-order valence-corrected chi connectivity index (χ2v) is 3.61. The van der Waals surface area contributed by atoms with Gasteiger partial charge in [0.05, 0.1) is 0 Å². The molecule has 0 rings (SSSR count). The Balaban J connectivity index is 0. The summed E-state index contributed by atoms with van der Waals surface area (Å²) in [4.78, 5) is 8.31. The van der Waals surface area contributed by atoms with E-state index in [2.05, 4.69) is 18.4 Å². The van der Waals surface area contributed by atoms with Crippen molar-refractivity contribution >= 4 is 8.25 Å². The Labute approximate surface area is 99.0 Å². The Kier molecular flexibility index (Phi) is 17.1. The lowest BCUT2D eigenvalue weighted by Crippen LogP contribution is -2.22. The second-order valence-electron chi connectivity index (χ2n) is 2.87. The third-order valence-electron chi connectivity index (χ3n) is 1.53. The molecular formula is C10H24O5P+. The smallest absolute Gasteiger partial charge is 0.350 e. The highest BCUT2D eigenvalue weighted by Gasteiger charge is 2.18. The van der Waals surface area contributed by atoms with Crippen molar-refractivity contribution < 1.29 is 23.5 Å². The molecule has 0 aromatic heterocycles. The van der Waals surface area contributed by atoms with E-state index in [1.165, 1.54) is 12.8 Å². The average molecular weight is 255 g/mol. The van der Waals surface area contributed by atoms with E-state index >= 15 is 0 Å². The van der Waals surface area contributed by atoms with Crippen molar-refractivity contribution in [2.24, 2.45) is 0 Å². The summed E-state index contributed by atoms with van der Waals surface area (Å²) in [6.45, 7) is 8.93. The van der Waals surface area contributed by atoms with Gasteiger partial charge in [0.25, 0.3) is 0 Å². The highest BCUT2D eigenvalue weighted by Crippen LogP contribution is 2.15. The Morgan fingerprint density at radius 1 is 1.06 bits per heavy atom. The standard InChI is InChI=1S/C6H13O5P.C4H10/c1-3-9-6(10-4-2)5-11-12(7)8;1-3-4-2/h6H,3-5H2,1-2H3;3-4H2,1-2H3/p+1. The van der Waals surface area contributed by atoms with Crippen LogP contribution in [0.1, 0.15) is 40.5 Å². The highest BCUT2D eigenvalue weighted by atomic mass is 31.1. The molecule has 5 nitrogen and oxygen atoms in total. The van der Waals surface area contributed by atoms with Gasteiger partial charge >= 0.3 is 8.25 Å². The molecule has 0 saturated heterocycles. The van der Waals surface area contributed by atoms with Crippen LogP contribution in [0.2, 0.25) is 0 Å². The van der Waals surface area contributed by atoms with Crippen molar-refractivity contribution in [2.75, 3.05) is 19.8 Å². The molecule has 0 aliphatic heterocycles. The summed E-state index contributed by atoms with van der Waals surface area (Å²) >= 11 is 0. The fourth-order valence-electron chi connectivity index (χ4n) is 0.641. The van der Waals surface area contributed by atoms with Crippen LogP contribution >= 0.6 is 8.25 Å². The predicted octanol–water partition coefficient (Wildman–Crippen LogP) is 2.86. The van der Waals surface area contributed by atoms with Crippen LogP contribution in [0.25, 0.3) is 0 Å². The molecule has 0 amide bonds. The molecule has 6 heteroatoms. The van der Waals surface area contributed by atoms with Crippen LogP contribution in [-0.2, 0) is 18.6 Å². The van der Waals surface area contributed by atoms with Gasteiger partial charge in [-0.2, -0.15) is 0 Å². The number of rotatable bonds is 8. The maximum absolute atomic E-state index is 10.1. The summed E-state index contributed by atoms with van der Waals surface area (Å²) in [6, 6.07) is 0. The molecule has 0 aromatic rings. The number of unbranched alkanes of at least 4 members (excludes halogenated alkanes) is 1. The Bertz CT molecular complexity index is 146. The van der Waals surface area contributed by atoms with Crippen LogP contribution in [0.4, 0.5) is 0 Å². The normalized spacial score (nSPS) is 11.0. The maximum atomic E-state index is 10.1. The first-order valence-electron chi connectivity index (χ1n) is 5.64. The molecule has 0 radical (unpaired) electrons. The van der Waals surface area contributed by atoms with E-state index in [0.29, 0.717) is 13.2 Å². The molecule has 0 saturated carbocycles. The van der Waals surface area contributed by atoms with Gasteiger partial charge in [0.1, 0.15) is 0 Å². The molecule has 1 N–H and O–H groups in total. The minimum absolute atomic E-state index is 0.0205. The van der Waals surface area contributed by atoms with E-state index in [-0.39, 0.29) is 6.61 Å². The molecule has 0 aromatic carbocycles. The van der Waals surface area contributed by atoms with Gasteiger partial charge in [0, 0.05) is 17.8 Å². The Morgan fingerprint density at radius 2 is 1.50 bits per heavy atom. The quantitative estimate of drug-likeness (QED) is 0.533. The monoisotopic (exact) mass is 255 g/mol. The van der Waals surface area contributed by atoms with Crippen molar-refractivity contribution in [2.45, 2.75) is 46.8 Å². The maximum Gasteiger partial charge on any atom is 0.694 e. The summed E-state index contributed by atoms with van der Waals surface area (Å²) in [5.41, 5.74) is 0. The summed E-state index contributed by atoms with van der Waals surface area (Å²) in [6.07, 6.45) is 2.09. The first kappa shape index (κ1) is 18.3. The van der Waals surface area contributed by atoms with E-state index in [9.17, 15) is 4.57 Å². The third kappa shape index (κ3) is 16.4. The molecule has 0 spiro atoms. The summed E-state index contributed by atoms with van der Waals surface area (Å²) < 4.78 is 24.6. The van der Waals surface area contributed by atoms with E-state index in [1.807, 2.05) is 13.8 Å². The Hall–Kier alpha value is -0.0600. The molecule has 0 bridgehead atoms. The third-order valence-corrected chi connectivity index (χ3v) is 1.90. The van der Waals surface area contributed by atoms with Crippen LogP contribution in [0, 0.1) is 0 Å². The van der Waals surface area contributed by atoms with Crippen LogP contribution in [0.5, 0.6) is 0 Å². The molecule has 16 heavy (non-hydrogen) atoms. The summed E-state index contributed by atoms with van der Waals surface area (Å²) in [7, 11) is -2.56. The Morgan fingerprint density at radius 3 is 1.75 bits per heavy atom. The predicted molar refractivity (Wildman–Crippen MR) is 63.4 cm³/mol. The van der Waals surface area contributed by atoms with Crippen molar-refractivity contribution in [3.05, 3.63) is 0 Å². The second kappa shape index (κ2) is 14.9. The first-order chi connectivity index (χ1) is 7.62. The van der Waals surface area contributed by atoms with Gasteiger partial charge in [0.2, 0.25) is 0 Å². The molecule has 0 fully saturated rings. The van der Waals surface area contributed by atoms with E-state index in [0.717, 1.165) is 0 Å². The number of hydrogen-bond donors (Lipinski definition) is 1. The lowest BCUT2D eigenvalue weighted by atomic mass is 10.4. The fraction of sp³-hybridized carbons (Fsp3) is 1.00. The minimum atomic E-state index is -2.56. The van der Waals surface area contributed by atoms with E-state index in [1.54, 1.807) is 0 Å². The van der Waals surface area contributed by atoms with Crippen LogP contribution in [0.15, 0.2) is 0 Å². The van der Waals surface area contributed by atoms with Crippen molar-refractivity contribution in [3.63, 3.8) is 0 Å². The molecular weight excluding hydrogens is 231 g/mol. The minimum Gasteiger partial charge on any atom is -0.350 e. The molecule has 98 valence electrons. The highest BCUT2D eigenvalue weighted by molar-refractivity contribution is 7.32. The van der Waals surface area contributed by atoms with Crippen LogP contribution in [-0.4, -0.2) is 31.0 Å². The SMILES string of the molecule is CCCC.CCOC(CO[P+](=O)O)OCC. The lowest BCUT2D eigenvalue weighted by molar-refractivity contribution is -0.152. The zero-order chi connectivity index (χ0) is 12.8. The summed E-state index contributed by atoms with van der Waals surface area (Å²) in [5.74, 6) is 0. The molecule has 0 aliphatic rings. The van der Waals surface area contributed by atoms with Gasteiger partial charge in [-0.05, 0) is 13.8 Å². The van der Waals surface area contributed by atoms with E-state index in [4.69, 9.17) is 14.4 Å². The van der Waals surface area contributed by atoms with Gasteiger partial charge in [-0.1, -0.05) is 26.7 Å². The average Bonchev–Trinajstić information content (AvgIpc) is 2.27. The number of ether oxygens (including phenoxy) is 2.